The predicted octanol–water partition coefficient (Wildman–Crippen LogP) is 5.35. The van der Waals surface area contributed by atoms with Crippen LogP contribution in [0.2, 0.25) is 0 Å². The van der Waals surface area contributed by atoms with Crippen LogP contribution in [0.4, 0.5) is 0 Å². The van der Waals surface area contributed by atoms with Crippen molar-refractivity contribution in [3.63, 3.8) is 0 Å². The van der Waals surface area contributed by atoms with Crippen molar-refractivity contribution in [1.29, 1.82) is 0 Å². The van der Waals surface area contributed by atoms with Crippen LogP contribution < -0.4 is 0 Å². The third kappa shape index (κ3) is 9.27. The first-order valence-corrected chi connectivity index (χ1v) is 6.70. The summed E-state index contributed by atoms with van der Waals surface area (Å²) in [5, 5.41) is 0. The minimum Gasteiger partial charge on any atom is -0.748 e. The van der Waals surface area contributed by atoms with Gasteiger partial charge in [-0.05, 0) is 0 Å². The van der Waals surface area contributed by atoms with Gasteiger partial charge >= 0.3 is 0 Å². The summed E-state index contributed by atoms with van der Waals surface area (Å²) in [6.07, 6.45) is 3.60. The summed E-state index contributed by atoms with van der Waals surface area (Å²) >= 11 is 0. The van der Waals surface area contributed by atoms with Gasteiger partial charge in [-0.3, -0.25) is 0 Å². The van der Waals surface area contributed by atoms with Gasteiger partial charge in [0.05, 0.1) is 0 Å². The van der Waals surface area contributed by atoms with Crippen molar-refractivity contribution in [3.8, 4) is 0 Å². The number of rotatable bonds is 2. The van der Waals surface area contributed by atoms with Crippen molar-refractivity contribution in [2.45, 2.75) is 47.0 Å². The minimum absolute atomic E-state index is 0. The Kier molecular flexibility index (Phi) is 15.5. The molecule has 0 N–H and O–H groups in total. The van der Waals surface area contributed by atoms with Crippen LogP contribution >= 0.6 is 0 Å². The Labute approximate surface area is 124 Å². The molecule has 0 bridgehead atoms. The van der Waals surface area contributed by atoms with Gasteiger partial charge < -0.3 is 30.3 Å². The molecule has 0 atom stereocenters. The number of aryl methyl sites for hydroxylation is 2. The Morgan fingerprint density at radius 1 is 0.944 bits per heavy atom. The largest absolute Gasteiger partial charge is 0.748 e. The smallest absolute Gasteiger partial charge is 0 e. The molecule has 2 aromatic rings. The van der Waals surface area contributed by atoms with Gasteiger partial charge in [0.25, 0.3) is 0 Å². The first-order chi connectivity index (χ1) is 8.29. The number of hydrogen-bond acceptors (Lipinski definition) is 0. The monoisotopic (exact) mass is 286 g/mol. The predicted molar refractivity (Wildman–Crippen MR) is 78.8 cm³/mol. The molecule has 0 aliphatic heterocycles. The SMILES string of the molecule is CCC.CCc1ccc[c-]1CC.[Fe].[cH-]1[cH-][cH-][cH-][cH-]1. The zero-order valence-electron chi connectivity index (χ0n) is 12.1. The molecule has 0 fully saturated rings. The van der Waals surface area contributed by atoms with Crippen LogP contribution in [-0.4, -0.2) is 0 Å². The van der Waals surface area contributed by atoms with Crippen molar-refractivity contribution in [3.05, 3.63) is 59.7 Å². The van der Waals surface area contributed by atoms with Crippen molar-refractivity contribution in [2.75, 3.05) is 0 Å². The third-order valence-corrected chi connectivity index (χ3v) is 2.32. The van der Waals surface area contributed by atoms with E-state index in [1.165, 1.54) is 30.4 Å². The zero-order valence-corrected chi connectivity index (χ0v) is 13.2. The van der Waals surface area contributed by atoms with Gasteiger partial charge in [-0.15, -0.1) is 0 Å². The maximum atomic E-state index is 2.21. The Hall–Kier alpha value is -0.781. The van der Waals surface area contributed by atoms with Crippen molar-refractivity contribution >= 4 is 0 Å². The van der Waals surface area contributed by atoms with E-state index in [1.807, 2.05) is 30.3 Å². The molecule has 0 aromatic heterocycles. The molecule has 0 radical (unpaired) electrons. The molecule has 0 nitrogen and oxygen atoms in total. The molecular weight excluding hydrogens is 260 g/mol. The molecule has 18 heavy (non-hydrogen) atoms. The molecule has 0 aliphatic rings. The Morgan fingerprint density at radius 3 is 1.67 bits per heavy atom. The summed E-state index contributed by atoms with van der Waals surface area (Å²) in [4.78, 5) is 0. The quantitative estimate of drug-likeness (QED) is 0.515. The second kappa shape index (κ2) is 14.3. The van der Waals surface area contributed by atoms with Gasteiger partial charge in [-0.25, -0.2) is 12.1 Å². The first-order valence-electron chi connectivity index (χ1n) is 6.70. The summed E-state index contributed by atoms with van der Waals surface area (Å²) in [6, 6.07) is 16.6. The van der Waals surface area contributed by atoms with Gasteiger partial charge in [0.2, 0.25) is 0 Å². The summed E-state index contributed by atoms with van der Waals surface area (Å²) in [7, 11) is 0. The van der Waals surface area contributed by atoms with E-state index < -0.39 is 0 Å². The molecule has 0 saturated carbocycles. The van der Waals surface area contributed by atoms with Gasteiger partial charge in [-0.1, -0.05) is 47.0 Å². The van der Waals surface area contributed by atoms with Gasteiger partial charge in [0, 0.05) is 17.1 Å². The average molecular weight is 286 g/mol. The fraction of sp³-hybridized carbons (Fsp3) is 0.412. The Bertz CT molecular complexity index is 294. The molecule has 2 rings (SSSR count). The first kappa shape index (κ1) is 19.6. The second-order valence-electron chi connectivity index (χ2n) is 3.95. The third-order valence-electron chi connectivity index (χ3n) is 2.32. The van der Waals surface area contributed by atoms with Crippen LogP contribution in [0, 0.1) is 0 Å². The van der Waals surface area contributed by atoms with E-state index in [2.05, 4.69) is 45.9 Å². The van der Waals surface area contributed by atoms with Gasteiger partial charge in [-0.2, -0.15) is 17.2 Å². The zero-order chi connectivity index (χ0) is 12.9. The molecule has 0 unspecified atom stereocenters. The maximum Gasteiger partial charge on any atom is 0 e. The maximum absolute atomic E-state index is 2.21. The molecule has 0 saturated heterocycles. The van der Waals surface area contributed by atoms with Crippen LogP contribution in [0.15, 0.2) is 48.5 Å². The molecule has 108 valence electrons. The molecule has 0 aliphatic carbocycles. The van der Waals surface area contributed by atoms with Gasteiger partial charge in [0.1, 0.15) is 0 Å². The topological polar surface area (TPSA) is 0 Å². The molecule has 0 spiro atoms. The second-order valence-corrected chi connectivity index (χ2v) is 3.95. The van der Waals surface area contributed by atoms with E-state index in [1.54, 1.807) is 0 Å². The summed E-state index contributed by atoms with van der Waals surface area (Å²) in [6.45, 7) is 8.66. The van der Waals surface area contributed by atoms with E-state index in [4.69, 9.17) is 0 Å². The van der Waals surface area contributed by atoms with Crippen LogP contribution in [-0.2, 0) is 29.9 Å². The van der Waals surface area contributed by atoms with Crippen LogP contribution in [0.3, 0.4) is 0 Å². The molecule has 0 amide bonds. The van der Waals surface area contributed by atoms with E-state index in [0.29, 0.717) is 0 Å². The van der Waals surface area contributed by atoms with E-state index in [0.717, 1.165) is 0 Å². The van der Waals surface area contributed by atoms with Crippen molar-refractivity contribution < 1.29 is 17.1 Å². The fourth-order valence-electron chi connectivity index (χ4n) is 1.51. The van der Waals surface area contributed by atoms with Crippen LogP contribution in [0.25, 0.3) is 0 Å². The minimum atomic E-state index is 0. The fourth-order valence-corrected chi connectivity index (χ4v) is 1.51. The summed E-state index contributed by atoms with van der Waals surface area (Å²) in [5.74, 6) is 0. The van der Waals surface area contributed by atoms with E-state index >= 15 is 0 Å². The van der Waals surface area contributed by atoms with E-state index in [-0.39, 0.29) is 17.1 Å². The number of hydrogen-bond donors (Lipinski definition) is 0. The molecule has 1 heteroatoms. The van der Waals surface area contributed by atoms with Crippen molar-refractivity contribution in [1.82, 2.24) is 0 Å². The Balaban J connectivity index is 0. The van der Waals surface area contributed by atoms with Crippen LogP contribution in [0.5, 0.6) is 0 Å². The van der Waals surface area contributed by atoms with E-state index in [9.17, 15) is 0 Å². The Morgan fingerprint density at radius 2 is 1.39 bits per heavy atom. The van der Waals surface area contributed by atoms with Gasteiger partial charge in [0.15, 0.2) is 0 Å². The molecular formula is C17H26Fe-6. The normalized spacial score (nSPS) is 8.22. The standard InChI is InChI=1S/C9H13.C5H5.C3H8.Fe/c1-3-8-6-5-7-9(8)4-2;1-2-4-5-3-1;1-3-2;/h5-7H,3-4H2,1-2H3;1-5H;3H2,1-2H3;/q-1;-5;;. The molecule has 2 aromatic carbocycles. The van der Waals surface area contributed by atoms with Crippen LogP contribution in [0.1, 0.15) is 45.2 Å². The summed E-state index contributed by atoms with van der Waals surface area (Å²) < 4.78 is 0. The van der Waals surface area contributed by atoms with Crippen molar-refractivity contribution in [2.24, 2.45) is 0 Å². The molecule has 0 heterocycles. The average Bonchev–Trinajstić information content (AvgIpc) is 3.04. The summed E-state index contributed by atoms with van der Waals surface area (Å²) in [5.41, 5.74) is 3.02.